The molecule has 2 N–H and O–H groups in total. The molecule has 0 aromatic carbocycles. The van der Waals surface area contributed by atoms with E-state index in [1.165, 1.54) is 0 Å². The van der Waals surface area contributed by atoms with Gasteiger partial charge in [-0.25, -0.2) is 0 Å². The number of aliphatic hydroxyl groups is 1. The Bertz CT molecular complexity index is 416. The zero-order chi connectivity index (χ0) is 14.0. The minimum absolute atomic E-state index is 0.113. The summed E-state index contributed by atoms with van der Waals surface area (Å²) in [5.74, 6) is 0.662. The number of nitrogens with one attached hydrogen (secondary N) is 1. The summed E-state index contributed by atoms with van der Waals surface area (Å²) in [5.41, 5.74) is 0.415. The molecule has 0 atom stereocenters. The fourth-order valence-electron chi connectivity index (χ4n) is 2.53. The molecule has 1 saturated carbocycles. The molecule has 1 aromatic heterocycles. The van der Waals surface area contributed by atoms with E-state index in [0.717, 1.165) is 31.4 Å². The van der Waals surface area contributed by atoms with Gasteiger partial charge in [-0.05, 0) is 46.5 Å². The third-order valence-electron chi connectivity index (χ3n) is 3.72. The van der Waals surface area contributed by atoms with E-state index in [-0.39, 0.29) is 6.10 Å². The second-order valence-electron chi connectivity index (χ2n) is 5.97. The van der Waals surface area contributed by atoms with Crippen molar-refractivity contribution in [3.8, 4) is 5.88 Å². The Kier molecular flexibility index (Phi) is 4.04. The van der Waals surface area contributed by atoms with E-state index >= 15 is 0 Å². The maximum absolute atomic E-state index is 10.00. The Morgan fingerprint density at radius 2 is 2.11 bits per heavy atom. The van der Waals surface area contributed by atoms with Crippen molar-refractivity contribution < 1.29 is 9.84 Å². The molecule has 0 saturated heterocycles. The quantitative estimate of drug-likeness (QED) is 0.880. The van der Waals surface area contributed by atoms with Gasteiger partial charge in [-0.15, -0.1) is 5.10 Å². The van der Waals surface area contributed by atoms with E-state index in [9.17, 15) is 5.11 Å². The van der Waals surface area contributed by atoms with Gasteiger partial charge in [0, 0.05) is 7.05 Å². The number of hydrogen-bond donors (Lipinski definition) is 2. The molecule has 5 heteroatoms. The molecular weight excluding hydrogens is 242 g/mol. The van der Waals surface area contributed by atoms with E-state index in [2.05, 4.69) is 10.4 Å². The van der Waals surface area contributed by atoms with Crippen LogP contribution in [0.3, 0.4) is 0 Å². The highest BCUT2D eigenvalue weighted by molar-refractivity contribution is 5.50. The third-order valence-corrected chi connectivity index (χ3v) is 3.72. The molecule has 0 spiro atoms. The van der Waals surface area contributed by atoms with Crippen LogP contribution in [-0.2, 0) is 0 Å². The standard InChI is InChI=1S/C14H25N3O2/c1-10(2)19-13-12(15-4)9-17(16-13)11-5-7-14(3,18)8-6-11/h9-11,15,18H,5-8H2,1-4H3. The zero-order valence-electron chi connectivity index (χ0n) is 12.3. The molecule has 108 valence electrons. The Labute approximate surface area is 115 Å². The summed E-state index contributed by atoms with van der Waals surface area (Å²) < 4.78 is 7.69. The summed E-state index contributed by atoms with van der Waals surface area (Å²) >= 11 is 0. The van der Waals surface area contributed by atoms with Gasteiger partial charge >= 0.3 is 0 Å². The molecule has 1 aliphatic carbocycles. The monoisotopic (exact) mass is 267 g/mol. The summed E-state index contributed by atoms with van der Waals surface area (Å²) in [7, 11) is 1.88. The summed E-state index contributed by atoms with van der Waals surface area (Å²) in [6.45, 7) is 5.91. The van der Waals surface area contributed by atoms with Gasteiger partial charge < -0.3 is 15.2 Å². The highest BCUT2D eigenvalue weighted by Gasteiger charge is 2.30. The molecule has 5 nitrogen and oxygen atoms in total. The summed E-state index contributed by atoms with van der Waals surface area (Å²) in [6.07, 6.45) is 5.68. The smallest absolute Gasteiger partial charge is 0.256 e. The lowest BCUT2D eigenvalue weighted by atomic mass is 9.84. The Morgan fingerprint density at radius 1 is 1.47 bits per heavy atom. The molecule has 0 bridgehead atoms. The highest BCUT2D eigenvalue weighted by Crippen LogP contribution is 2.36. The van der Waals surface area contributed by atoms with Crippen LogP contribution < -0.4 is 10.1 Å². The van der Waals surface area contributed by atoms with Crippen molar-refractivity contribution in [2.75, 3.05) is 12.4 Å². The van der Waals surface area contributed by atoms with Crippen LogP contribution in [0.4, 0.5) is 5.69 Å². The number of anilines is 1. The van der Waals surface area contributed by atoms with Gasteiger partial charge in [-0.1, -0.05) is 0 Å². The van der Waals surface area contributed by atoms with E-state index in [0.29, 0.717) is 11.9 Å². The molecule has 2 rings (SSSR count). The van der Waals surface area contributed by atoms with Gasteiger partial charge in [0.25, 0.3) is 5.88 Å². The first-order valence-corrected chi connectivity index (χ1v) is 7.07. The molecule has 0 aliphatic heterocycles. The van der Waals surface area contributed by atoms with Crippen molar-refractivity contribution in [3.63, 3.8) is 0 Å². The molecule has 0 radical (unpaired) electrons. The first-order valence-electron chi connectivity index (χ1n) is 7.07. The summed E-state index contributed by atoms with van der Waals surface area (Å²) in [4.78, 5) is 0. The summed E-state index contributed by atoms with van der Waals surface area (Å²) in [6, 6.07) is 0.358. The highest BCUT2D eigenvalue weighted by atomic mass is 16.5. The normalized spacial score (nSPS) is 27.6. The van der Waals surface area contributed by atoms with Crippen molar-refractivity contribution in [1.82, 2.24) is 9.78 Å². The molecule has 1 aliphatic rings. The molecular formula is C14H25N3O2. The number of hydrogen-bond acceptors (Lipinski definition) is 4. The molecule has 1 aromatic rings. The van der Waals surface area contributed by atoms with Crippen LogP contribution in [0.5, 0.6) is 5.88 Å². The average molecular weight is 267 g/mol. The van der Waals surface area contributed by atoms with Gasteiger partial charge in [-0.2, -0.15) is 0 Å². The van der Waals surface area contributed by atoms with Crippen molar-refractivity contribution in [2.45, 2.75) is 64.2 Å². The van der Waals surface area contributed by atoms with Gasteiger partial charge in [0.1, 0.15) is 5.69 Å². The minimum Gasteiger partial charge on any atom is -0.472 e. The first-order chi connectivity index (χ1) is 8.91. The Balaban J connectivity index is 2.11. The fourth-order valence-corrected chi connectivity index (χ4v) is 2.53. The molecule has 19 heavy (non-hydrogen) atoms. The van der Waals surface area contributed by atoms with Crippen molar-refractivity contribution >= 4 is 5.69 Å². The van der Waals surface area contributed by atoms with Gasteiger partial charge in [-0.3, -0.25) is 4.68 Å². The van der Waals surface area contributed by atoms with Gasteiger partial charge in [0.15, 0.2) is 0 Å². The maximum atomic E-state index is 10.00. The molecule has 0 amide bonds. The van der Waals surface area contributed by atoms with Crippen molar-refractivity contribution in [1.29, 1.82) is 0 Å². The molecule has 1 fully saturated rings. The number of rotatable bonds is 4. The second-order valence-corrected chi connectivity index (χ2v) is 5.97. The van der Waals surface area contributed by atoms with Gasteiger partial charge in [0.2, 0.25) is 0 Å². The first kappa shape index (κ1) is 14.2. The number of nitrogens with zero attached hydrogens (tertiary/aromatic N) is 2. The maximum Gasteiger partial charge on any atom is 0.256 e. The van der Waals surface area contributed by atoms with Crippen LogP contribution in [0.15, 0.2) is 6.20 Å². The van der Waals surface area contributed by atoms with Crippen LogP contribution in [0, 0.1) is 0 Å². The second kappa shape index (κ2) is 5.41. The zero-order valence-corrected chi connectivity index (χ0v) is 12.3. The summed E-state index contributed by atoms with van der Waals surface area (Å²) in [5, 5.41) is 17.7. The van der Waals surface area contributed by atoms with Crippen molar-refractivity contribution in [2.24, 2.45) is 0 Å². The van der Waals surface area contributed by atoms with Crippen LogP contribution in [0.1, 0.15) is 52.5 Å². The SMILES string of the molecule is CNc1cn(C2CCC(C)(O)CC2)nc1OC(C)C. The van der Waals surface area contributed by atoms with Crippen LogP contribution in [0.25, 0.3) is 0 Å². The fraction of sp³-hybridized carbons (Fsp3) is 0.786. The predicted octanol–water partition coefficient (Wildman–Crippen LogP) is 2.58. The third kappa shape index (κ3) is 3.41. The van der Waals surface area contributed by atoms with E-state index in [4.69, 9.17) is 4.74 Å². The van der Waals surface area contributed by atoms with Crippen LogP contribution >= 0.6 is 0 Å². The van der Waals surface area contributed by atoms with E-state index in [1.807, 2.05) is 38.7 Å². The lowest BCUT2D eigenvalue weighted by Crippen LogP contribution is -2.31. The Hall–Kier alpha value is -1.23. The van der Waals surface area contributed by atoms with Crippen LogP contribution in [-0.4, -0.2) is 33.6 Å². The van der Waals surface area contributed by atoms with Crippen LogP contribution in [0.2, 0.25) is 0 Å². The number of aromatic nitrogens is 2. The van der Waals surface area contributed by atoms with E-state index in [1.54, 1.807) is 0 Å². The molecule has 1 heterocycles. The van der Waals surface area contributed by atoms with Gasteiger partial charge in [0.05, 0.1) is 23.9 Å². The lowest BCUT2D eigenvalue weighted by molar-refractivity contribution is 0.00836. The predicted molar refractivity (Wildman–Crippen MR) is 75.7 cm³/mol. The number of ether oxygens (including phenoxy) is 1. The van der Waals surface area contributed by atoms with Crippen molar-refractivity contribution in [3.05, 3.63) is 6.20 Å². The minimum atomic E-state index is -0.507. The topological polar surface area (TPSA) is 59.3 Å². The van der Waals surface area contributed by atoms with E-state index < -0.39 is 5.60 Å². The largest absolute Gasteiger partial charge is 0.472 e. The Morgan fingerprint density at radius 3 is 2.63 bits per heavy atom. The molecule has 0 unspecified atom stereocenters. The lowest BCUT2D eigenvalue weighted by Gasteiger charge is -2.32. The average Bonchev–Trinajstić information content (AvgIpc) is 2.71.